The lowest BCUT2D eigenvalue weighted by Gasteiger charge is -2.23. The maximum Gasteiger partial charge on any atom is 0.123 e. The molecule has 1 aromatic rings. The number of likely N-dealkylation sites (tertiary alicyclic amines) is 1. The Hall–Kier alpha value is -0.580. The second-order valence-electron chi connectivity index (χ2n) is 6.49. The zero-order chi connectivity index (χ0) is 14.7. The number of nitrogens with one attached hydrogen (secondary N) is 1. The summed E-state index contributed by atoms with van der Waals surface area (Å²) in [6.07, 6.45) is 3.72. The molecule has 4 heteroatoms. The molecule has 2 aliphatic heterocycles. The van der Waals surface area contributed by atoms with Crippen LogP contribution in [-0.4, -0.2) is 37.7 Å². The molecular formula is C17H25BrN2O. The molecule has 1 atom stereocenters. The monoisotopic (exact) mass is 352 g/mol. The fourth-order valence-electron chi connectivity index (χ4n) is 3.57. The lowest BCUT2D eigenvalue weighted by atomic mass is 9.86. The van der Waals surface area contributed by atoms with Crippen LogP contribution in [0.3, 0.4) is 0 Å². The molecule has 21 heavy (non-hydrogen) atoms. The molecule has 2 heterocycles. The SMILES string of the molecule is CCCOc1ccc(Br)cc1CN1CCC2(CCNC2)C1. The Labute approximate surface area is 136 Å². The predicted octanol–water partition coefficient (Wildman–Crippen LogP) is 3.42. The lowest BCUT2D eigenvalue weighted by molar-refractivity contribution is 0.260. The molecule has 0 bridgehead atoms. The molecule has 1 N–H and O–H groups in total. The van der Waals surface area contributed by atoms with Gasteiger partial charge in [-0.3, -0.25) is 4.90 Å². The molecule has 0 radical (unpaired) electrons. The normalized spacial score (nSPS) is 25.8. The topological polar surface area (TPSA) is 24.5 Å². The number of ether oxygens (including phenoxy) is 1. The van der Waals surface area contributed by atoms with E-state index in [-0.39, 0.29) is 0 Å². The van der Waals surface area contributed by atoms with Crippen molar-refractivity contribution in [1.82, 2.24) is 10.2 Å². The Balaban J connectivity index is 1.68. The van der Waals surface area contributed by atoms with Crippen LogP contribution in [0.2, 0.25) is 0 Å². The maximum absolute atomic E-state index is 5.91. The van der Waals surface area contributed by atoms with Crippen molar-refractivity contribution >= 4 is 15.9 Å². The Kier molecular flexibility index (Phi) is 4.87. The van der Waals surface area contributed by atoms with Crippen molar-refractivity contribution in [3.63, 3.8) is 0 Å². The second kappa shape index (κ2) is 6.67. The Morgan fingerprint density at radius 3 is 3.05 bits per heavy atom. The van der Waals surface area contributed by atoms with Crippen LogP contribution in [0.25, 0.3) is 0 Å². The molecule has 3 nitrogen and oxygen atoms in total. The van der Waals surface area contributed by atoms with E-state index in [1.54, 1.807) is 0 Å². The van der Waals surface area contributed by atoms with Gasteiger partial charge in [-0.15, -0.1) is 0 Å². The molecule has 2 fully saturated rings. The standard InChI is InChI=1S/C17H25BrN2O/c1-2-9-21-16-4-3-15(18)10-14(16)11-20-8-6-17(13-20)5-7-19-12-17/h3-4,10,19H,2,5-9,11-13H2,1H3. The number of rotatable bonds is 5. The Morgan fingerprint density at radius 2 is 2.29 bits per heavy atom. The van der Waals surface area contributed by atoms with Gasteiger partial charge in [0, 0.05) is 29.7 Å². The predicted molar refractivity (Wildman–Crippen MR) is 89.7 cm³/mol. The largest absolute Gasteiger partial charge is 0.493 e. The van der Waals surface area contributed by atoms with Gasteiger partial charge in [0.2, 0.25) is 0 Å². The summed E-state index contributed by atoms with van der Waals surface area (Å²) < 4.78 is 7.05. The van der Waals surface area contributed by atoms with E-state index in [1.807, 2.05) is 0 Å². The minimum absolute atomic E-state index is 0.538. The summed E-state index contributed by atoms with van der Waals surface area (Å²) in [5.41, 5.74) is 1.84. The third kappa shape index (κ3) is 3.61. The van der Waals surface area contributed by atoms with Gasteiger partial charge in [-0.05, 0) is 56.0 Å². The quantitative estimate of drug-likeness (QED) is 0.878. The van der Waals surface area contributed by atoms with Crippen LogP contribution in [0.5, 0.6) is 5.75 Å². The number of hydrogen-bond donors (Lipinski definition) is 1. The molecule has 0 saturated carbocycles. The lowest BCUT2D eigenvalue weighted by Crippen LogP contribution is -2.29. The molecule has 1 aromatic carbocycles. The molecule has 1 spiro atoms. The maximum atomic E-state index is 5.91. The summed E-state index contributed by atoms with van der Waals surface area (Å²) in [6.45, 7) is 8.76. The van der Waals surface area contributed by atoms with Crippen LogP contribution in [-0.2, 0) is 6.54 Å². The van der Waals surface area contributed by atoms with Crippen molar-refractivity contribution in [3.05, 3.63) is 28.2 Å². The van der Waals surface area contributed by atoms with E-state index in [0.29, 0.717) is 5.41 Å². The summed E-state index contributed by atoms with van der Waals surface area (Å²) >= 11 is 3.59. The van der Waals surface area contributed by atoms with Crippen molar-refractivity contribution in [2.75, 3.05) is 32.8 Å². The minimum atomic E-state index is 0.538. The zero-order valence-electron chi connectivity index (χ0n) is 12.8. The van der Waals surface area contributed by atoms with Gasteiger partial charge in [-0.2, -0.15) is 0 Å². The van der Waals surface area contributed by atoms with E-state index in [9.17, 15) is 0 Å². The van der Waals surface area contributed by atoms with Crippen molar-refractivity contribution < 1.29 is 4.74 Å². The van der Waals surface area contributed by atoms with Crippen LogP contribution >= 0.6 is 15.9 Å². The summed E-state index contributed by atoms with van der Waals surface area (Å²) in [4.78, 5) is 2.59. The summed E-state index contributed by atoms with van der Waals surface area (Å²) in [7, 11) is 0. The van der Waals surface area contributed by atoms with Crippen LogP contribution < -0.4 is 10.1 Å². The first-order valence-electron chi connectivity index (χ1n) is 8.05. The van der Waals surface area contributed by atoms with Gasteiger partial charge in [0.05, 0.1) is 6.61 Å². The average molecular weight is 353 g/mol. The number of hydrogen-bond acceptors (Lipinski definition) is 3. The molecule has 0 amide bonds. The van der Waals surface area contributed by atoms with Crippen LogP contribution in [0.15, 0.2) is 22.7 Å². The molecule has 0 aromatic heterocycles. The average Bonchev–Trinajstić information content (AvgIpc) is 3.09. The first-order valence-corrected chi connectivity index (χ1v) is 8.84. The number of halogens is 1. The molecular weight excluding hydrogens is 328 g/mol. The minimum Gasteiger partial charge on any atom is -0.493 e. The first kappa shape index (κ1) is 15.3. The third-order valence-corrected chi connectivity index (χ3v) is 5.22. The van der Waals surface area contributed by atoms with Crippen LogP contribution in [0.1, 0.15) is 31.7 Å². The van der Waals surface area contributed by atoms with Gasteiger partial charge in [0.25, 0.3) is 0 Å². The van der Waals surface area contributed by atoms with E-state index in [4.69, 9.17) is 4.74 Å². The number of benzene rings is 1. The molecule has 116 valence electrons. The van der Waals surface area contributed by atoms with Crippen molar-refractivity contribution in [3.8, 4) is 5.75 Å². The van der Waals surface area contributed by atoms with Gasteiger partial charge >= 0.3 is 0 Å². The fraction of sp³-hybridized carbons (Fsp3) is 0.647. The van der Waals surface area contributed by atoms with Crippen molar-refractivity contribution in [2.45, 2.75) is 32.7 Å². The van der Waals surface area contributed by atoms with Gasteiger partial charge in [-0.1, -0.05) is 22.9 Å². The van der Waals surface area contributed by atoms with Crippen molar-refractivity contribution in [1.29, 1.82) is 0 Å². The van der Waals surface area contributed by atoms with Gasteiger partial charge in [0.15, 0.2) is 0 Å². The third-order valence-electron chi connectivity index (χ3n) is 4.73. The highest BCUT2D eigenvalue weighted by Crippen LogP contribution is 2.37. The first-order chi connectivity index (χ1) is 10.2. The highest BCUT2D eigenvalue weighted by atomic mass is 79.9. The molecule has 3 rings (SSSR count). The van der Waals surface area contributed by atoms with E-state index >= 15 is 0 Å². The van der Waals surface area contributed by atoms with E-state index in [1.165, 1.54) is 44.6 Å². The zero-order valence-corrected chi connectivity index (χ0v) is 14.4. The second-order valence-corrected chi connectivity index (χ2v) is 7.40. The number of nitrogens with zero attached hydrogens (tertiary/aromatic N) is 1. The Bertz CT molecular complexity index is 486. The van der Waals surface area contributed by atoms with Crippen LogP contribution in [0, 0.1) is 5.41 Å². The summed E-state index contributed by atoms with van der Waals surface area (Å²) in [5.74, 6) is 1.05. The highest BCUT2D eigenvalue weighted by molar-refractivity contribution is 9.10. The summed E-state index contributed by atoms with van der Waals surface area (Å²) in [5, 5.41) is 3.53. The van der Waals surface area contributed by atoms with E-state index in [2.05, 4.69) is 51.3 Å². The summed E-state index contributed by atoms with van der Waals surface area (Å²) in [6, 6.07) is 6.38. The van der Waals surface area contributed by atoms with E-state index in [0.717, 1.165) is 29.8 Å². The molecule has 1 unspecified atom stereocenters. The molecule has 2 aliphatic rings. The van der Waals surface area contributed by atoms with Crippen molar-refractivity contribution in [2.24, 2.45) is 5.41 Å². The van der Waals surface area contributed by atoms with Gasteiger partial charge in [0.1, 0.15) is 5.75 Å². The Morgan fingerprint density at radius 1 is 1.38 bits per heavy atom. The van der Waals surface area contributed by atoms with Gasteiger partial charge in [-0.25, -0.2) is 0 Å². The van der Waals surface area contributed by atoms with Gasteiger partial charge < -0.3 is 10.1 Å². The molecule has 0 aliphatic carbocycles. The van der Waals surface area contributed by atoms with Crippen LogP contribution in [0.4, 0.5) is 0 Å². The highest BCUT2D eigenvalue weighted by Gasteiger charge is 2.40. The fourth-order valence-corrected chi connectivity index (χ4v) is 3.98. The smallest absolute Gasteiger partial charge is 0.123 e. The molecule has 2 saturated heterocycles. The van der Waals surface area contributed by atoms with E-state index < -0.39 is 0 Å².